The molecule has 0 saturated heterocycles. The van der Waals surface area contributed by atoms with Crippen LogP contribution in [0.3, 0.4) is 0 Å². The zero-order chi connectivity index (χ0) is 35.4. The molecule has 0 radical (unpaired) electrons. The van der Waals surface area contributed by atoms with Crippen LogP contribution in [-0.2, 0) is 9.84 Å². The first-order chi connectivity index (χ1) is 23.1. The van der Waals surface area contributed by atoms with Crippen LogP contribution in [0.15, 0.2) is 107 Å². The van der Waals surface area contributed by atoms with Crippen LogP contribution in [0.2, 0.25) is 0 Å². The summed E-state index contributed by atoms with van der Waals surface area (Å²) in [4.78, 5) is -0.136. The van der Waals surface area contributed by atoms with Crippen molar-refractivity contribution >= 4 is 9.84 Å². The molecule has 0 spiro atoms. The molecule has 6 aromatic carbocycles. The Morgan fingerprint density at radius 2 is 0.510 bits per heavy atom. The van der Waals surface area contributed by atoms with Crippen LogP contribution >= 0.6 is 0 Å². The number of halogens is 2. The zero-order valence-corrected chi connectivity index (χ0v) is 30.0. The average Bonchev–Trinajstić information content (AvgIpc) is 2.99. The molecular weight excluding hydrogens is 631 g/mol. The second-order valence-electron chi connectivity index (χ2n) is 13.7. The third kappa shape index (κ3) is 6.86. The van der Waals surface area contributed by atoms with Gasteiger partial charge in [-0.15, -0.1) is 0 Å². The number of rotatable bonds is 6. The van der Waals surface area contributed by atoms with Gasteiger partial charge in [0, 0.05) is 22.3 Å². The molecule has 0 aliphatic heterocycles. The Bertz CT molecular complexity index is 2020. The van der Waals surface area contributed by atoms with E-state index in [1.54, 1.807) is 0 Å². The lowest BCUT2D eigenvalue weighted by molar-refractivity contribution is 0.594. The van der Waals surface area contributed by atoms with E-state index in [-0.39, 0.29) is 32.0 Å². The molecule has 2 nitrogen and oxygen atoms in total. The van der Waals surface area contributed by atoms with Gasteiger partial charge in [0.1, 0.15) is 11.6 Å². The molecule has 0 N–H and O–H groups in total. The molecule has 0 aromatic heterocycles. The Hall–Kier alpha value is -4.87. The van der Waals surface area contributed by atoms with Crippen molar-refractivity contribution in [3.63, 3.8) is 0 Å². The third-order valence-electron chi connectivity index (χ3n) is 8.84. The summed E-state index contributed by atoms with van der Waals surface area (Å²) in [5, 5.41) is 0. The molecule has 0 aliphatic rings. The average molecular weight is 671 g/mol. The van der Waals surface area contributed by atoms with Crippen molar-refractivity contribution in [3.8, 4) is 44.5 Å². The number of hydrogen-bond acceptors (Lipinski definition) is 2. The van der Waals surface area contributed by atoms with E-state index in [0.29, 0.717) is 22.3 Å². The molecule has 248 valence electrons. The van der Waals surface area contributed by atoms with E-state index >= 15 is 8.78 Å². The van der Waals surface area contributed by atoms with Gasteiger partial charge in [-0.25, -0.2) is 17.2 Å². The molecule has 0 saturated carbocycles. The highest BCUT2D eigenvalue weighted by molar-refractivity contribution is 7.91. The van der Waals surface area contributed by atoms with Crippen molar-refractivity contribution < 1.29 is 17.2 Å². The normalized spacial score (nSPS) is 11.6. The number of aryl methyl sites for hydroxylation is 8. The Balaban J connectivity index is 1.67. The maximum absolute atomic E-state index is 16.7. The van der Waals surface area contributed by atoms with Gasteiger partial charge in [-0.1, -0.05) is 117 Å². The molecule has 0 bridgehead atoms. The van der Waals surface area contributed by atoms with Gasteiger partial charge in [-0.2, -0.15) is 0 Å². The lowest BCUT2D eigenvalue weighted by Crippen LogP contribution is -2.06. The van der Waals surface area contributed by atoms with Crippen LogP contribution in [-0.4, -0.2) is 8.42 Å². The van der Waals surface area contributed by atoms with Gasteiger partial charge in [0.2, 0.25) is 9.84 Å². The molecule has 6 aromatic rings. The molecule has 0 fully saturated rings. The first kappa shape index (κ1) is 34.0. The standard InChI is InChI=1S/C44H40F2O2S/c1-25-9-26(2)14-33(13-25)39-21-37(22-40(43(39)45)34-15-27(3)10-28(4)16-34)49(47,48)38-23-41(35-17-29(5)11-30(6)18-35)44(46)42(24-38)36-19-31(7)12-32(8)20-36/h9-24H,1-8H3. The molecule has 6 rings (SSSR count). The smallest absolute Gasteiger partial charge is 0.206 e. The molecule has 0 unspecified atom stereocenters. The van der Waals surface area contributed by atoms with Gasteiger partial charge in [0.15, 0.2) is 0 Å². The van der Waals surface area contributed by atoms with Crippen molar-refractivity contribution in [2.45, 2.75) is 65.2 Å². The zero-order valence-electron chi connectivity index (χ0n) is 29.2. The molecule has 0 aliphatic carbocycles. The van der Waals surface area contributed by atoms with E-state index in [1.807, 2.05) is 128 Å². The van der Waals surface area contributed by atoms with Crippen LogP contribution in [0.5, 0.6) is 0 Å². The molecular formula is C44H40F2O2S. The third-order valence-corrected chi connectivity index (χ3v) is 10.6. The van der Waals surface area contributed by atoms with Crippen LogP contribution in [0, 0.1) is 67.0 Å². The highest BCUT2D eigenvalue weighted by Crippen LogP contribution is 2.40. The Morgan fingerprint density at radius 3 is 0.694 bits per heavy atom. The Labute approximate surface area is 289 Å². The predicted octanol–water partition coefficient (Wildman–Crippen LogP) is 11.9. The summed E-state index contributed by atoms with van der Waals surface area (Å²) in [5.41, 5.74) is 10.6. The summed E-state index contributed by atoms with van der Waals surface area (Å²) < 4.78 is 63.1. The quantitative estimate of drug-likeness (QED) is 0.165. The fourth-order valence-electron chi connectivity index (χ4n) is 7.00. The summed E-state index contributed by atoms with van der Waals surface area (Å²) in [7, 11) is -4.31. The topological polar surface area (TPSA) is 34.1 Å². The lowest BCUT2D eigenvalue weighted by Gasteiger charge is -2.17. The van der Waals surface area contributed by atoms with Crippen molar-refractivity contribution in [1.82, 2.24) is 0 Å². The van der Waals surface area contributed by atoms with Gasteiger partial charge in [-0.3, -0.25) is 0 Å². The van der Waals surface area contributed by atoms with E-state index in [1.165, 1.54) is 24.3 Å². The van der Waals surface area contributed by atoms with Crippen LogP contribution in [0.25, 0.3) is 44.5 Å². The largest absolute Gasteiger partial charge is 0.219 e. The van der Waals surface area contributed by atoms with E-state index < -0.39 is 21.5 Å². The maximum Gasteiger partial charge on any atom is 0.206 e. The van der Waals surface area contributed by atoms with Gasteiger partial charge < -0.3 is 0 Å². The van der Waals surface area contributed by atoms with Crippen molar-refractivity contribution in [2.75, 3.05) is 0 Å². The van der Waals surface area contributed by atoms with Crippen molar-refractivity contribution in [1.29, 1.82) is 0 Å². The highest BCUT2D eigenvalue weighted by atomic mass is 32.2. The maximum atomic E-state index is 16.7. The molecule has 0 atom stereocenters. The van der Waals surface area contributed by atoms with Crippen molar-refractivity contribution in [2.24, 2.45) is 0 Å². The second kappa shape index (κ2) is 12.9. The van der Waals surface area contributed by atoms with E-state index in [4.69, 9.17) is 0 Å². The van der Waals surface area contributed by atoms with E-state index in [9.17, 15) is 8.42 Å². The number of hydrogen-bond donors (Lipinski definition) is 0. The SMILES string of the molecule is Cc1cc(C)cc(-c2cc(S(=O)(=O)c3cc(-c4cc(C)cc(C)c4)c(F)c(-c4cc(C)cc(C)c4)c3)cc(-c3cc(C)cc(C)c3)c2F)c1. The van der Waals surface area contributed by atoms with Crippen LogP contribution < -0.4 is 0 Å². The summed E-state index contributed by atoms with van der Waals surface area (Å²) in [6, 6.07) is 28.5. The monoisotopic (exact) mass is 670 g/mol. The van der Waals surface area contributed by atoms with Gasteiger partial charge >= 0.3 is 0 Å². The molecule has 0 heterocycles. The van der Waals surface area contributed by atoms with Gasteiger partial charge in [-0.05, 0) is 102 Å². The first-order valence-corrected chi connectivity index (χ1v) is 17.8. The molecule has 5 heteroatoms. The van der Waals surface area contributed by atoms with Crippen LogP contribution in [0.4, 0.5) is 8.78 Å². The predicted molar refractivity (Wildman–Crippen MR) is 198 cm³/mol. The second-order valence-corrected chi connectivity index (χ2v) is 15.6. The fraction of sp³-hybridized carbons (Fsp3) is 0.182. The van der Waals surface area contributed by atoms with E-state index in [0.717, 1.165) is 44.5 Å². The molecule has 49 heavy (non-hydrogen) atoms. The summed E-state index contributed by atoms with van der Waals surface area (Å²) in [6.45, 7) is 15.5. The minimum atomic E-state index is -4.31. The van der Waals surface area contributed by atoms with Crippen LogP contribution in [0.1, 0.15) is 44.5 Å². The van der Waals surface area contributed by atoms with E-state index in [2.05, 4.69) is 0 Å². The van der Waals surface area contributed by atoms with Gasteiger partial charge in [0.05, 0.1) is 9.79 Å². The summed E-state index contributed by atoms with van der Waals surface area (Å²) in [5.74, 6) is -1.00. The Morgan fingerprint density at radius 1 is 0.327 bits per heavy atom. The summed E-state index contributed by atoms with van der Waals surface area (Å²) >= 11 is 0. The minimum absolute atomic E-state index is 0.0680. The van der Waals surface area contributed by atoms with Gasteiger partial charge in [0.25, 0.3) is 0 Å². The molecule has 0 amide bonds. The van der Waals surface area contributed by atoms with Crippen molar-refractivity contribution in [3.05, 3.63) is 153 Å². The number of sulfone groups is 1. The summed E-state index contributed by atoms with van der Waals surface area (Å²) in [6.07, 6.45) is 0. The number of benzene rings is 6. The fourth-order valence-corrected chi connectivity index (χ4v) is 8.37. The Kier molecular flexibility index (Phi) is 8.93. The first-order valence-electron chi connectivity index (χ1n) is 16.4. The lowest BCUT2D eigenvalue weighted by atomic mass is 9.94. The minimum Gasteiger partial charge on any atom is -0.219 e. The highest BCUT2D eigenvalue weighted by Gasteiger charge is 2.27.